The third-order valence-electron chi connectivity index (χ3n) is 2.55. The average Bonchev–Trinajstić information content (AvgIpc) is 2.44. The standard InChI is InChI=1S/C15H21N3O2/c1-18(2)11-6-10-17-15(20)14-13(7-3-4-12-19)8-5-9-16-14/h5,8-9,19H,4,6,10-12H2,1-2H3,(H,17,20). The molecule has 108 valence electrons. The van der Waals surface area contributed by atoms with Crippen LogP contribution in [0.4, 0.5) is 0 Å². The monoisotopic (exact) mass is 275 g/mol. The minimum absolute atomic E-state index is 0.0132. The first-order valence-electron chi connectivity index (χ1n) is 6.63. The van der Waals surface area contributed by atoms with Crippen molar-refractivity contribution < 1.29 is 9.90 Å². The zero-order chi connectivity index (χ0) is 14.8. The Labute approximate surface area is 120 Å². The van der Waals surface area contributed by atoms with Gasteiger partial charge in [-0.05, 0) is 39.2 Å². The maximum Gasteiger partial charge on any atom is 0.271 e. The second-order valence-electron chi connectivity index (χ2n) is 4.59. The van der Waals surface area contributed by atoms with Crippen LogP contribution in [0.3, 0.4) is 0 Å². The van der Waals surface area contributed by atoms with E-state index in [0.717, 1.165) is 13.0 Å². The maximum atomic E-state index is 12.0. The van der Waals surface area contributed by atoms with Crippen molar-refractivity contribution in [3.05, 3.63) is 29.6 Å². The summed E-state index contributed by atoms with van der Waals surface area (Å²) in [5.41, 5.74) is 0.925. The van der Waals surface area contributed by atoms with Crippen molar-refractivity contribution in [2.45, 2.75) is 12.8 Å². The number of hydrogen-bond acceptors (Lipinski definition) is 4. The average molecular weight is 275 g/mol. The van der Waals surface area contributed by atoms with Crippen LogP contribution in [0.2, 0.25) is 0 Å². The van der Waals surface area contributed by atoms with E-state index in [-0.39, 0.29) is 12.5 Å². The highest BCUT2D eigenvalue weighted by molar-refractivity contribution is 5.94. The normalized spacial score (nSPS) is 10.0. The largest absolute Gasteiger partial charge is 0.395 e. The summed E-state index contributed by atoms with van der Waals surface area (Å²) in [4.78, 5) is 18.2. The van der Waals surface area contributed by atoms with Crippen LogP contribution in [-0.2, 0) is 0 Å². The first-order chi connectivity index (χ1) is 9.65. The quantitative estimate of drug-likeness (QED) is 0.586. The van der Waals surface area contributed by atoms with Gasteiger partial charge in [0.25, 0.3) is 5.91 Å². The van der Waals surface area contributed by atoms with Crippen molar-refractivity contribution in [1.29, 1.82) is 0 Å². The molecule has 1 rings (SSSR count). The van der Waals surface area contributed by atoms with Gasteiger partial charge in [-0.3, -0.25) is 4.79 Å². The molecule has 0 aliphatic heterocycles. The summed E-state index contributed by atoms with van der Waals surface area (Å²) in [5, 5.41) is 11.5. The van der Waals surface area contributed by atoms with E-state index in [1.54, 1.807) is 18.3 Å². The van der Waals surface area contributed by atoms with Gasteiger partial charge in [-0.25, -0.2) is 4.98 Å². The van der Waals surface area contributed by atoms with Crippen LogP contribution in [-0.4, -0.2) is 54.7 Å². The summed E-state index contributed by atoms with van der Waals surface area (Å²) in [6, 6.07) is 3.50. The summed E-state index contributed by atoms with van der Waals surface area (Å²) < 4.78 is 0. The Bertz CT molecular complexity index is 489. The Morgan fingerprint density at radius 1 is 1.50 bits per heavy atom. The molecule has 0 aliphatic carbocycles. The van der Waals surface area contributed by atoms with Crippen LogP contribution in [0.5, 0.6) is 0 Å². The van der Waals surface area contributed by atoms with Gasteiger partial charge >= 0.3 is 0 Å². The number of nitrogens with zero attached hydrogens (tertiary/aromatic N) is 2. The van der Waals surface area contributed by atoms with Crippen molar-refractivity contribution in [1.82, 2.24) is 15.2 Å². The molecule has 1 aromatic rings. The molecule has 0 saturated heterocycles. The van der Waals surface area contributed by atoms with E-state index in [2.05, 4.69) is 27.0 Å². The van der Waals surface area contributed by atoms with Crippen LogP contribution in [0.1, 0.15) is 28.9 Å². The van der Waals surface area contributed by atoms with E-state index in [1.807, 2.05) is 14.1 Å². The van der Waals surface area contributed by atoms with Crippen LogP contribution >= 0.6 is 0 Å². The molecule has 2 N–H and O–H groups in total. The Balaban J connectivity index is 2.61. The highest BCUT2D eigenvalue weighted by Gasteiger charge is 2.10. The predicted molar refractivity (Wildman–Crippen MR) is 78.3 cm³/mol. The number of carbonyl (C=O) groups excluding carboxylic acids is 1. The summed E-state index contributed by atoms with van der Waals surface area (Å²) >= 11 is 0. The minimum atomic E-state index is -0.211. The van der Waals surface area contributed by atoms with Crippen LogP contribution in [0.25, 0.3) is 0 Å². The van der Waals surface area contributed by atoms with E-state index in [9.17, 15) is 4.79 Å². The number of amides is 1. The zero-order valence-corrected chi connectivity index (χ0v) is 12.0. The second kappa shape index (κ2) is 9.08. The number of hydrogen-bond donors (Lipinski definition) is 2. The van der Waals surface area contributed by atoms with Crippen molar-refractivity contribution in [2.24, 2.45) is 0 Å². The number of rotatable bonds is 6. The molecular formula is C15H21N3O2. The molecule has 0 saturated carbocycles. The Morgan fingerprint density at radius 3 is 3.00 bits per heavy atom. The van der Waals surface area contributed by atoms with Crippen molar-refractivity contribution in [3.8, 4) is 11.8 Å². The fraction of sp³-hybridized carbons (Fsp3) is 0.467. The van der Waals surface area contributed by atoms with Crippen LogP contribution in [0.15, 0.2) is 18.3 Å². The number of carbonyl (C=O) groups is 1. The first-order valence-corrected chi connectivity index (χ1v) is 6.63. The third-order valence-corrected chi connectivity index (χ3v) is 2.55. The number of aliphatic hydroxyl groups excluding tert-OH is 1. The lowest BCUT2D eigenvalue weighted by molar-refractivity contribution is 0.0947. The van der Waals surface area contributed by atoms with E-state index >= 15 is 0 Å². The number of pyridine rings is 1. The highest BCUT2D eigenvalue weighted by atomic mass is 16.2. The molecule has 0 fully saturated rings. The van der Waals surface area contributed by atoms with Gasteiger partial charge in [0.1, 0.15) is 5.69 Å². The Kier molecular flexibility index (Phi) is 7.33. The van der Waals surface area contributed by atoms with Gasteiger partial charge < -0.3 is 15.3 Å². The third kappa shape index (κ3) is 5.83. The fourth-order valence-corrected chi connectivity index (χ4v) is 1.58. The summed E-state index contributed by atoms with van der Waals surface area (Å²) in [5.74, 6) is 5.45. The van der Waals surface area contributed by atoms with E-state index in [1.165, 1.54) is 0 Å². The molecule has 0 aromatic carbocycles. The molecular weight excluding hydrogens is 254 g/mol. The maximum absolute atomic E-state index is 12.0. The van der Waals surface area contributed by atoms with Crippen molar-refractivity contribution >= 4 is 5.91 Å². The molecule has 1 aromatic heterocycles. The molecule has 0 radical (unpaired) electrons. The van der Waals surface area contributed by atoms with Crippen LogP contribution in [0, 0.1) is 11.8 Å². The number of aliphatic hydroxyl groups is 1. The molecule has 1 amide bonds. The molecule has 0 aliphatic rings. The van der Waals surface area contributed by atoms with Gasteiger partial charge in [0.05, 0.1) is 12.2 Å². The summed E-state index contributed by atoms with van der Waals surface area (Å²) in [6.07, 6.45) is 2.85. The lowest BCUT2D eigenvalue weighted by Crippen LogP contribution is -2.28. The smallest absolute Gasteiger partial charge is 0.271 e. The lowest BCUT2D eigenvalue weighted by atomic mass is 10.2. The summed E-state index contributed by atoms with van der Waals surface area (Å²) in [7, 11) is 3.99. The highest BCUT2D eigenvalue weighted by Crippen LogP contribution is 2.03. The van der Waals surface area contributed by atoms with E-state index in [0.29, 0.717) is 24.2 Å². The van der Waals surface area contributed by atoms with Gasteiger partial charge in [-0.2, -0.15) is 0 Å². The lowest BCUT2D eigenvalue weighted by Gasteiger charge is -2.10. The SMILES string of the molecule is CN(C)CCCNC(=O)c1ncccc1C#CCCO. The zero-order valence-electron chi connectivity index (χ0n) is 12.0. The molecule has 0 bridgehead atoms. The molecule has 20 heavy (non-hydrogen) atoms. The van der Waals surface area contributed by atoms with E-state index < -0.39 is 0 Å². The van der Waals surface area contributed by atoms with Gasteiger partial charge in [-0.15, -0.1) is 0 Å². The minimum Gasteiger partial charge on any atom is -0.395 e. The number of aromatic nitrogens is 1. The molecule has 0 atom stereocenters. The molecule has 0 spiro atoms. The van der Waals surface area contributed by atoms with Gasteiger partial charge in [0.2, 0.25) is 0 Å². The van der Waals surface area contributed by atoms with Gasteiger partial charge in [0.15, 0.2) is 0 Å². The number of nitrogens with one attached hydrogen (secondary N) is 1. The van der Waals surface area contributed by atoms with Crippen molar-refractivity contribution in [3.63, 3.8) is 0 Å². The second-order valence-corrected chi connectivity index (χ2v) is 4.59. The van der Waals surface area contributed by atoms with Crippen molar-refractivity contribution in [2.75, 3.05) is 33.8 Å². The molecule has 0 unspecified atom stereocenters. The molecule has 5 heteroatoms. The predicted octanol–water partition coefficient (Wildman–Crippen LogP) is 0.497. The van der Waals surface area contributed by atoms with Gasteiger partial charge in [-0.1, -0.05) is 11.8 Å². The Hall–Kier alpha value is -1.90. The summed E-state index contributed by atoms with van der Waals surface area (Å²) in [6.45, 7) is 1.54. The Morgan fingerprint density at radius 2 is 2.30 bits per heavy atom. The van der Waals surface area contributed by atoms with Gasteiger partial charge in [0, 0.05) is 19.2 Å². The molecule has 1 heterocycles. The fourth-order valence-electron chi connectivity index (χ4n) is 1.58. The van der Waals surface area contributed by atoms with E-state index in [4.69, 9.17) is 5.11 Å². The molecule has 5 nitrogen and oxygen atoms in total. The topological polar surface area (TPSA) is 65.5 Å². The first kappa shape index (κ1) is 16.2. The van der Waals surface area contributed by atoms with Crippen LogP contribution < -0.4 is 5.32 Å².